The van der Waals surface area contributed by atoms with Gasteiger partial charge in [-0.25, -0.2) is 0 Å². The van der Waals surface area contributed by atoms with Crippen LogP contribution in [0.2, 0.25) is 105 Å². The first-order chi connectivity index (χ1) is 17.0. The van der Waals surface area contributed by atoms with Crippen molar-refractivity contribution in [3.05, 3.63) is 0 Å². The maximum absolute atomic E-state index is 11.7. The van der Waals surface area contributed by atoms with E-state index >= 15 is 0 Å². The molecule has 3 fully saturated rings. The van der Waals surface area contributed by atoms with Crippen LogP contribution in [-0.2, 0) is 23.1 Å². The van der Waals surface area contributed by atoms with E-state index < -0.39 is 88.7 Å². The molecule has 3 heterocycles. The van der Waals surface area contributed by atoms with E-state index in [1.165, 1.54) is 0 Å². The summed E-state index contributed by atoms with van der Waals surface area (Å²) < 4.78 is 34.5. The van der Waals surface area contributed by atoms with Crippen molar-refractivity contribution in [2.45, 2.75) is 155 Å². The second-order valence-corrected chi connectivity index (χ2v) is 104. The fourth-order valence-corrected chi connectivity index (χ4v) is 300. The zero-order valence-corrected chi connectivity index (χ0v) is 36.6. The smallest absolute Gasteiger partial charge is 0.190 e. The van der Waals surface area contributed by atoms with Gasteiger partial charge in [0.2, 0.25) is 0 Å². The lowest BCUT2D eigenvalue weighted by atomic mass is 10.1. The quantitative estimate of drug-likeness (QED) is 0.368. The van der Waals surface area contributed by atoms with Crippen molar-refractivity contribution in [2.75, 3.05) is 6.61 Å². The number of ether oxygens (including phenoxy) is 3. The Balaban J connectivity index is 2.33. The molecule has 3 aliphatic rings. The Kier molecular flexibility index (Phi) is 8.97. The van der Waals surface area contributed by atoms with Gasteiger partial charge in [0.1, 0.15) is 18.3 Å². The van der Waals surface area contributed by atoms with Gasteiger partial charge in [-0.2, -0.15) is 0 Å². The minimum atomic E-state index is -2.30. The highest BCUT2D eigenvalue weighted by Gasteiger charge is 2.79. The number of rotatable bonds is 5. The zero-order chi connectivity index (χ0) is 30.6. The molecule has 0 bridgehead atoms. The van der Waals surface area contributed by atoms with E-state index in [1.54, 1.807) is 0 Å². The molecule has 0 spiro atoms. The van der Waals surface area contributed by atoms with E-state index in [9.17, 15) is 5.11 Å². The average Bonchev–Trinajstić information content (AvgIpc) is 3.11. The fraction of sp³-hybridized carbons (Fsp3) is 1.00. The molecule has 3 saturated heterocycles. The predicted molar refractivity (Wildman–Crippen MR) is 185 cm³/mol. The monoisotopic (exact) mass is 682 g/mol. The van der Waals surface area contributed by atoms with E-state index in [4.69, 9.17) is 23.1 Å². The predicted octanol–water partition coefficient (Wildman–Crippen LogP) is 5.85. The van der Waals surface area contributed by atoms with Crippen LogP contribution in [-0.4, -0.2) is 107 Å². The van der Waals surface area contributed by atoms with E-state index in [2.05, 4.69) is 105 Å². The molecule has 6 nitrogen and oxygen atoms in total. The second-order valence-electron chi connectivity index (χ2n) is 18.1. The third-order valence-corrected chi connectivity index (χ3v) is 180. The lowest BCUT2D eigenvalue weighted by molar-refractivity contribution is -0.225. The van der Waals surface area contributed by atoms with Crippen molar-refractivity contribution < 1.29 is 28.2 Å². The summed E-state index contributed by atoms with van der Waals surface area (Å²) in [5, 5.41) is 11.7. The Morgan fingerprint density at radius 1 is 0.641 bits per heavy atom. The highest BCUT2D eigenvalue weighted by molar-refractivity contribution is 8.09. The minimum Gasteiger partial charge on any atom is -0.423 e. The molecule has 5 atom stereocenters. The summed E-state index contributed by atoms with van der Waals surface area (Å²) in [4.78, 5) is 0. The molecule has 0 aromatic carbocycles. The summed E-state index contributed by atoms with van der Waals surface area (Å²) in [6.45, 7) is 42.6. The Hall–Kier alpha value is 1.50. The third kappa shape index (κ3) is 4.99. The average molecular weight is 683 g/mol. The summed E-state index contributed by atoms with van der Waals surface area (Å²) in [5.41, 5.74) is 0. The van der Waals surface area contributed by atoms with Gasteiger partial charge < -0.3 is 28.2 Å². The highest BCUT2D eigenvalue weighted by atomic mass is 30.2. The SMILES string of the molecule is CC1(C)O[C@H]2O[C@H]([C@@H]3CO[Si]([Si](C)(C)C)([Si](C)(C)C)[Si](C)(C)[Si](C)(C)[Si]([Si](C)(C)C)([Si](C)(C)C)O3)[C@H](O)[C@H]2O1. The van der Waals surface area contributed by atoms with E-state index in [1.807, 2.05) is 13.8 Å². The minimum absolute atomic E-state index is 0.275. The molecule has 0 amide bonds. The first-order valence-corrected chi connectivity index (χ1v) is 45.8. The third-order valence-electron chi connectivity index (χ3n) is 10.8. The summed E-state index contributed by atoms with van der Waals surface area (Å²) in [6.07, 6.45) is -2.60. The van der Waals surface area contributed by atoms with Crippen molar-refractivity contribution >= 4 is 58.3 Å². The molecular weight excluding hydrogens is 621 g/mol. The molecule has 3 rings (SSSR count). The molecule has 0 saturated carbocycles. The molecule has 39 heavy (non-hydrogen) atoms. The molecule has 0 aromatic rings. The van der Waals surface area contributed by atoms with Crippen LogP contribution in [0.1, 0.15) is 13.8 Å². The maximum Gasteiger partial charge on any atom is 0.190 e. The molecule has 3 aliphatic heterocycles. The van der Waals surface area contributed by atoms with Crippen LogP contribution >= 0.6 is 0 Å². The number of aliphatic hydroxyl groups is 1. The zero-order valence-electron chi connectivity index (χ0n) is 28.6. The molecule has 230 valence electrons. The van der Waals surface area contributed by atoms with Gasteiger partial charge in [0.15, 0.2) is 25.8 Å². The molecule has 14 heteroatoms. The van der Waals surface area contributed by atoms with E-state index in [-0.39, 0.29) is 6.10 Å². The Morgan fingerprint density at radius 3 is 1.44 bits per heavy atom. The normalized spacial score (nSPS) is 36.2. The van der Waals surface area contributed by atoms with E-state index in [0.717, 1.165) is 0 Å². The molecule has 0 aromatic heterocycles. The molecule has 0 unspecified atom stereocenters. The van der Waals surface area contributed by atoms with Crippen molar-refractivity contribution in [3.63, 3.8) is 0 Å². The topological polar surface area (TPSA) is 66.4 Å². The Labute approximate surface area is 247 Å². The molecule has 0 aliphatic carbocycles. The van der Waals surface area contributed by atoms with Crippen molar-refractivity contribution in [1.82, 2.24) is 0 Å². The van der Waals surface area contributed by atoms with Crippen molar-refractivity contribution in [3.8, 4) is 0 Å². The molecular formula is C25H62O6Si8. The summed E-state index contributed by atoms with van der Waals surface area (Å²) in [6, 6.07) is 0. The van der Waals surface area contributed by atoms with Crippen molar-refractivity contribution in [1.29, 1.82) is 0 Å². The van der Waals surface area contributed by atoms with Crippen LogP contribution in [0.4, 0.5) is 0 Å². The van der Waals surface area contributed by atoms with Crippen LogP contribution in [0.25, 0.3) is 0 Å². The summed E-state index contributed by atoms with van der Waals surface area (Å²) in [5.74, 6) is -0.753. The van der Waals surface area contributed by atoms with Gasteiger partial charge in [-0.3, -0.25) is 0 Å². The van der Waals surface area contributed by atoms with Crippen LogP contribution in [0.5, 0.6) is 0 Å². The van der Waals surface area contributed by atoms with Crippen LogP contribution in [0.15, 0.2) is 0 Å². The first-order valence-electron chi connectivity index (χ1n) is 15.0. The fourth-order valence-electron chi connectivity index (χ4n) is 10.4. The number of hydrogen-bond donors (Lipinski definition) is 1. The van der Waals surface area contributed by atoms with Crippen LogP contribution < -0.4 is 0 Å². The lowest BCUT2D eigenvalue weighted by Gasteiger charge is -2.70. The number of fused-ring (bicyclic) bond motifs is 1. The van der Waals surface area contributed by atoms with Gasteiger partial charge in [-0.05, 0) is 13.8 Å². The second kappa shape index (κ2) is 10.0. The van der Waals surface area contributed by atoms with Crippen molar-refractivity contribution in [2.24, 2.45) is 0 Å². The van der Waals surface area contributed by atoms with Gasteiger partial charge in [0.25, 0.3) is 0 Å². The largest absolute Gasteiger partial charge is 0.423 e. The standard InChI is InChI=1S/C25H62O6Si8/c1-25(2)29-23-21(26)22(28-24(23)30-25)20-19-27-38(32(3,4)5,33(6,7)8)36(15,16)37(17,18)39(31-20,34(9,10)11)35(12,13)14/h20-24,26H,19H2,1-18H3/t20-,21-,22+,23+,24+/m0/s1. The van der Waals surface area contributed by atoms with Gasteiger partial charge in [-0.15, -0.1) is 0 Å². The highest BCUT2D eigenvalue weighted by Crippen LogP contribution is 2.51. The summed E-state index contributed by atoms with van der Waals surface area (Å²) in [7, 11) is -10.9. The number of hydrogen-bond acceptors (Lipinski definition) is 6. The van der Waals surface area contributed by atoms with Gasteiger partial charge in [-0.1, -0.05) is 105 Å². The Bertz CT molecular complexity index is 903. The van der Waals surface area contributed by atoms with Crippen LogP contribution in [0.3, 0.4) is 0 Å². The number of aliphatic hydroxyl groups excluding tert-OH is 1. The first kappa shape index (κ1) is 35.0. The molecule has 0 radical (unpaired) electrons. The van der Waals surface area contributed by atoms with Crippen LogP contribution in [0, 0.1) is 0 Å². The van der Waals surface area contributed by atoms with Gasteiger partial charge in [0.05, 0.1) is 57.3 Å². The van der Waals surface area contributed by atoms with Gasteiger partial charge >= 0.3 is 0 Å². The Morgan fingerprint density at radius 2 is 1.05 bits per heavy atom. The lowest BCUT2D eigenvalue weighted by Crippen LogP contribution is -3.00. The summed E-state index contributed by atoms with van der Waals surface area (Å²) >= 11 is 0. The van der Waals surface area contributed by atoms with E-state index in [0.29, 0.717) is 6.61 Å². The van der Waals surface area contributed by atoms with Gasteiger partial charge in [0, 0.05) is 0 Å². The maximum atomic E-state index is 11.7. The molecule has 1 N–H and O–H groups in total.